The molecule has 0 aliphatic rings. The summed E-state index contributed by atoms with van der Waals surface area (Å²) in [7, 11) is -1.60. The van der Waals surface area contributed by atoms with E-state index in [1.165, 1.54) is 24.8 Å². The van der Waals surface area contributed by atoms with Gasteiger partial charge in [0, 0.05) is 6.61 Å². The molecule has 0 rings (SSSR count). The smallest absolute Gasteiger partial charge is 0.192 e. The van der Waals surface area contributed by atoms with Crippen molar-refractivity contribution < 1.29 is 4.43 Å². The van der Waals surface area contributed by atoms with E-state index in [0.717, 1.165) is 6.61 Å². The van der Waals surface area contributed by atoms with E-state index in [2.05, 4.69) is 72.9 Å². The number of hydrogen-bond acceptors (Lipinski definition) is 1. The van der Waals surface area contributed by atoms with E-state index in [1.54, 1.807) is 0 Å². The Labute approximate surface area is 128 Å². The van der Waals surface area contributed by atoms with Crippen LogP contribution in [0.4, 0.5) is 0 Å². The fourth-order valence-corrected chi connectivity index (χ4v) is 2.81. The lowest BCUT2D eigenvalue weighted by Gasteiger charge is -2.36. The first kappa shape index (κ1) is 19.7. The SMILES string of the molecule is CCCC/C=C/C(C)=C/[C@@H](C)CO[Si](C)(C)C(C)(C)C. The van der Waals surface area contributed by atoms with Crippen molar-refractivity contribution in [3.05, 3.63) is 23.8 Å². The molecule has 1 nitrogen and oxygen atoms in total. The third-order valence-electron chi connectivity index (χ3n) is 4.17. The van der Waals surface area contributed by atoms with Crippen molar-refractivity contribution in [2.45, 2.75) is 78.9 Å². The molecule has 0 radical (unpaired) electrons. The zero-order valence-electron chi connectivity index (χ0n) is 15.0. The lowest BCUT2D eigenvalue weighted by molar-refractivity contribution is 0.259. The van der Waals surface area contributed by atoms with Gasteiger partial charge in [-0.3, -0.25) is 0 Å². The fourth-order valence-electron chi connectivity index (χ4n) is 1.70. The lowest BCUT2D eigenvalue weighted by atomic mass is 10.1. The van der Waals surface area contributed by atoms with Crippen LogP contribution in [0.1, 0.15) is 60.8 Å². The summed E-state index contributed by atoms with van der Waals surface area (Å²) in [6.07, 6.45) is 10.6. The van der Waals surface area contributed by atoms with Crippen LogP contribution in [0.3, 0.4) is 0 Å². The second kappa shape index (κ2) is 8.84. The van der Waals surface area contributed by atoms with Crippen molar-refractivity contribution in [2.24, 2.45) is 5.92 Å². The molecule has 0 amide bonds. The largest absolute Gasteiger partial charge is 0.416 e. The quantitative estimate of drug-likeness (QED) is 0.288. The zero-order valence-corrected chi connectivity index (χ0v) is 16.0. The Morgan fingerprint density at radius 3 is 2.35 bits per heavy atom. The highest BCUT2D eigenvalue weighted by Crippen LogP contribution is 2.36. The number of hydrogen-bond donors (Lipinski definition) is 0. The van der Waals surface area contributed by atoms with E-state index in [0.29, 0.717) is 11.0 Å². The minimum Gasteiger partial charge on any atom is -0.416 e. The minimum atomic E-state index is -1.60. The normalized spacial score (nSPS) is 15.9. The van der Waals surface area contributed by atoms with Gasteiger partial charge in [-0.2, -0.15) is 0 Å². The van der Waals surface area contributed by atoms with Crippen LogP contribution in [-0.2, 0) is 4.43 Å². The topological polar surface area (TPSA) is 9.23 Å². The summed E-state index contributed by atoms with van der Waals surface area (Å²) >= 11 is 0. The first-order valence-corrected chi connectivity index (χ1v) is 11.0. The first-order valence-electron chi connectivity index (χ1n) is 8.09. The second-order valence-corrected chi connectivity index (χ2v) is 12.3. The van der Waals surface area contributed by atoms with Crippen molar-refractivity contribution in [1.29, 1.82) is 0 Å². The molecule has 0 aromatic heterocycles. The van der Waals surface area contributed by atoms with Crippen LogP contribution < -0.4 is 0 Å². The van der Waals surface area contributed by atoms with E-state index in [4.69, 9.17) is 4.43 Å². The summed E-state index contributed by atoms with van der Waals surface area (Å²) in [5.74, 6) is 0.486. The minimum absolute atomic E-state index is 0.297. The van der Waals surface area contributed by atoms with Gasteiger partial charge < -0.3 is 4.43 Å². The molecule has 0 bridgehead atoms. The molecule has 0 aliphatic carbocycles. The molecule has 0 saturated heterocycles. The predicted molar refractivity (Wildman–Crippen MR) is 94.7 cm³/mol. The van der Waals surface area contributed by atoms with Crippen LogP contribution >= 0.6 is 0 Å². The Morgan fingerprint density at radius 2 is 1.85 bits per heavy atom. The Balaban J connectivity index is 4.28. The molecule has 0 aromatic rings. The molecule has 118 valence electrons. The van der Waals surface area contributed by atoms with Crippen molar-refractivity contribution in [3.8, 4) is 0 Å². The molecule has 2 heteroatoms. The fraction of sp³-hybridized carbons (Fsp3) is 0.778. The van der Waals surface area contributed by atoms with Crippen LogP contribution in [0.2, 0.25) is 18.1 Å². The number of unbranched alkanes of at least 4 members (excludes halogenated alkanes) is 2. The Bertz CT molecular complexity index is 321. The highest BCUT2D eigenvalue weighted by Gasteiger charge is 2.37. The average molecular weight is 297 g/mol. The molecule has 0 aliphatic heterocycles. The molecule has 0 heterocycles. The van der Waals surface area contributed by atoms with Crippen LogP contribution in [0.25, 0.3) is 0 Å². The number of rotatable bonds is 8. The number of allylic oxidation sites excluding steroid dienone is 3. The molecule has 0 saturated carbocycles. The van der Waals surface area contributed by atoms with E-state index in [9.17, 15) is 0 Å². The van der Waals surface area contributed by atoms with Crippen molar-refractivity contribution in [3.63, 3.8) is 0 Å². The van der Waals surface area contributed by atoms with E-state index >= 15 is 0 Å². The third kappa shape index (κ3) is 8.06. The lowest BCUT2D eigenvalue weighted by Crippen LogP contribution is -2.41. The van der Waals surface area contributed by atoms with Crippen molar-refractivity contribution in [1.82, 2.24) is 0 Å². The Kier molecular flexibility index (Phi) is 8.68. The molecular weight excluding hydrogens is 260 g/mol. The zero-order chi connectivity index (χ0) is 15.8. The Hall–Kier alpha value is -0.343. The predicted octanol–water partition coefficient (Wildman–Crippen LogP) is 6.34. The maximum absolute atomic E-state index is 6.27. The van der Waals surface area contributed by atoms with Gasteiger partial charge in [-0.15, -0.1) is 0 Å². The molecule has 0 unspecified atom stereocenters. The van der Waals surface area contributed by atoms with Gasteiger partial charge in [-0.25, -0.2) is 0 Å². The maximum Gasteiger partial charge on any atom is 0.192 e. The molecule has 0 fully saturated rings. The third-order valence-corrected chi connectivity index (χ3v) is 8.67. The van der Waals surface area contributed by atoms with Gasteiger partial charge in [-0.05, 0) is 37.4 Å². The highest BCUT2D eigenvalue weighted by atomic mass is 28.4. The van der Waals surface area contributed by atoms with E-state index in [-0.39, 0.29) is 0 Å². The van der Waals surface area contributed by atoms with Gasteiger partial charge in [0.1, 0.15) is 0 Å². The van der Waals surface area contributed by atoms with Gasteiger partial charge in [0.25, 0.3) is 0 Å². The highest BCUT2D eigenvalue weighted by molar-refractivity contribution is 6.74. The average Bonchev–Trinajstić information content (AvgIpc) is 2.31. The summed E-state index contributed by atoms with van der Waals surface area (Å²) in [6, 6.07) is 0. The summed E-state index contributed by atoms with van der Waals surface area (Å²) < 4.78 is 6.27. The van der Waals surface area contributed by atoms with Crippen LogP contribution in [0.5, 0.6) is 0 Å². The second-order valence-electron chi connectivity index (χ2n) is 7.50. The van der Waals surface area contributed by atoms with E-state index < -0.39 is 8.32 Å². The van der Waals surface area contributed by atoms with Gasteiger partial charge in [0.15, 0.2) is 8.32 Å². The van der Waals surface area contributed by atoms with Crippen LogP contribution in [0.15, 0.2) is 23.8 Å². The van der Waals surface area contributed by atoms with Crippen molar-refractivity contribution in [2.75, 3.05) is 6.61 Å². The summed E-state index contributed by atoms with van der Waals surface area (Å²) in [6.45, 7) is 19.0. The van der Waals surface area contributed by atoms with Crippen LogP contribution in [-0.4, -0.2) is 14.9 Å². The monoisotopic (exact) mass is 296 g/mol. The summed E-state index contributed by atoms with van der Waals surface area (Å²) in [5, 5.41) is 0.297. The Morgan fingerprint density at radius 1 is 1.25 bits per heavy atom. The molecule has 0 aromatic carbocycles. The first-order chi connectivity index (χ1) is 9.10. The van der Waals surface area contributed by atoms with Crippen LogP contribution in [0, 0.1) is 5.92 Å². The van der Waals surface area contributed by atoms with E-state index in [1.807, 2.05) is 0 Å². The molecule has 1 atom stereocenters. The molecule has 20 heavy (non-hydrogen) atoms. The van der Waals surface area contributed by atoms with Gasteiger partial charge >= 0.3 is 0 Å². The van der Waals surface area contributed by atoms with Gasteiger partial charge in [0.05, 0.1) is 0 Å². The molecular formula is C18H36OSi. The van der Waals surface area contributed by atoms with Gasteiger partial charge in [0.2, 0.25) is 0 Å². The molecule has 0 N–H and O–H groups in total. The molecule has 0 spiro atoms. The maximum atomic E-state index is 6.27. The van der Waals surface area contributed by atoms with Gasteiger partial charge in [-0.1, -0.05) is 71.3 Å². The van der Waals surface area contributed by atoms with Crippen molar-refractivity contribution >= 4 is 8.32 Å². The summed E-state index contributed by atoms with van der Waals surface area (Å²) in [4.78, 5) is 0. The standard InChI is InChI=1S/C18H36OSi/c1-9-10-11-12-13-16(2)14-17(3)15-19-20(7,8)18(4,5)6/h12-14,17H,9-11,15H2,1-8H3/b13-12+,16-14+/t17-/m1/s1. The summed E-state index contributed by atoms with van der Waals surface area (Å²) in [5.41, 5.74) is 1.35.